The predicted molar refractivity (Wildman–Crippen MR) is 165 cm³/mol. The molecule has 0 aromatic carbocycles. The zero-order chi connectivity index (χ0) is 29.0. The van der Waals surface area contributed by atoms with Gasteiger partial charge in [-0.05, 0) is 6.42 Å². The van der Waals surface area contributed by atoms with E-state index in [4.69, 9.17) is 15.9 Å². The number of rotatable bonds is 25. The summed E-state index contributed by atoms with van der Waals surface area (Å²) >= 11 is 0. The number of ether oxygens (including phenoxy) is 1. The molecule has 0 heterocycles. The van der Waals surface area contributed by atoms with E-state index in [-0.39, 0.29) is 125 Å². The summed E-state index contributed by atoms with van der Waals surface area (Å²) in [4.78, 5) is 46.0. The number of amides is 1. The smallest absolute Gasteiger partial charge is 0.321 e. The van der Waals surface area contributed by atoms with E-state index in [9.17, 15) is 32.1 Å². The molecule has 16 heteroatoms. The van der Waals surface area contributed by atoms with Crippen molar-refractivity contribution in [3.05, 3.63) is 0 Å². The van der Waals surface area contributed by atoms with Crippen LogP contribution >= 0.6 is 0 Å². The van der Waals surface area contributed by atoms with Gasteiger partial charge in [0.15, 0.2) is 10.7 Å². The number of primary amides is 1. The van der Waals surface area contributed by atoms with Crippen LogP contribution in [0.2, 0.25) is 0 Å². The number of aliphatic carboxylic acids is 2. The van der Waals surface area contributed by atoms with E-state index in [0.29, 0.717) is 6.42 Å². The monoisotopic (exact) mass is 657 g/mol. The van der Waals surface area contributed by atoms with Crippen LogP contribution in [0.25, 0.3) is 0 Å². The summed E-state index contributed by atoms with van der Waals surface area (Å²) in [7, 11) is -5.12. The Hall–Kier alpha value is 1.79. The number of carboxylic acid groups (broad SMARTS) is 2. The van der Waals surface area contributed by atoms with Crippen molar-refractivity contribution in [1.29, 1.82) is 0 Å². The maximum Gasteiger partial charge on any atom is 0.321 e. The third kappa shape index (κ3) is 24.0. The van der Waals surface area contributed by atoms with Crippen LogP contribution in [0.4, 0.5) is 0 Å². The van der Waals surface area contributed by atoms with E-state index in [0.717, 1.165) is 25.7 Å². The first kappa shape index (κ1) is 53.3. The molecule has 0 spiro atoms. The van der Waals surface area contributed by atoms with Gasteiger partial charge in [0, 0.05) is 118 Å². The fourth-order valence-electron chi connectivity index (χ4n) is 4.31. The Kier molecular flexibility index (Phi) is 39.8. The summed E-state index contributed by atoms with van der Waals surface area (Å²) in [6, 6.07) is 0. The summed E-state index contributed by atoms with van der Waals surface area (Å²) in [5.41, 5.74) is 5.25. The van der Waals surface area contributed by atoms with E-state index >= 15 is 0 Å². The van der Waals surface area contributed by atoms with Crippen LogP contribution in [0.3, 0.4) is 0 Å². The summed E-state index contributed by atoms with van der Waals surface area (Å²) < 4.78 is 35.7. The van der Waals surface area contributed by atoms with E-state index < -0.39 is 64.0 Å². The molecule has 0 aliphatic heterocycles. The number of carbonyl (C=O) groups excluding carboxylic acids is 2. The van der Waals surface area contributed by atoms with Gasteiger partial charge in [0.25, 0.3) is 10.1 Å². The third-order valence-electron chi connectivity index (χ3n) is 6.81. The van der Waals surface area contributed by atoms with Crippen LogP contribution in [0.5, 0.6) is 0 Å². The van der Waals surface area contributed by atoms with Crippen LogP contribution in [-0.4, -0.2) is 177 Å². The van der Waals surface area contributed by atoms with Crippen molar-refractivity contribution in [1.82, 2.24) is 0 Å². The quantitative estimate of drug-likeness (QED) is 0.0372. The molecular formula is C26H47NNa4O10S. The number of carbonyl (C=O) groups is 4. The van der Waals surface area contributed by atoms with Gasteiger partial charge in [-0.1, -0.05) is 110 Å². The minimum atomic E-state index is -5.12. The van der Waals surface area contributed by atoms with E-state index in [1.165, 1.54) is 64.2 Å². The number of hydrogen-bond donors (Lipinski definition) is 4. The van der Waals surface area contributed by atoms with Crippen LogP contribution in [0.1, 0.15) is 122 Å². The van der Waals surface area contributed by atoms with Crippen molar-refractivity contribution in [3.8, 4) is 0 Å². The molecule has 42 heavy (non-hydrogen) atoms. The van der Waals surface area contributed by atoms with Crippen molar-refractivity contribution in [2.24, 2.45) is 11.7 Å². The Labute approximate surface area is 340 Å². The van der Waals surface area contributed by atoms with Crippen LogP contribution < -0.4 is 5.73 Å². The fraction of sp³-hybridized carbons (Fsp3) is 0.846. The molecule has 0 saturated heterocycles. The summed E-state index contributed by atoms with van der Waals surface area (Å²) in [6.45, 7) is 1.15. The molecule has 1 unspecified atom stereocenters. The molecule has 5 N–H and O–H groups in total. The number of carboxylic acids is 2. The first-order chi connectivity index (χ1) is 17.9. The Bertz CT molecular complexity index is 835. The Balaban J connectivity index is -0.00000114. The molecule has 0 rings (SSSR count). The normalized spacial score (nSPS) is 12.0. The second-order valence-corrected chi connectivity index (χ2v) is 11.7. The van der Waals surface area contributed by atoms with Gasteiger partial charge in [-0.3, -0.25) is 23.7 Å². The standard InChI is InChI=1S/C26H47NO10S.4Na/c1-2-3-4-5-6-7-8-9-10-11-12-13-14-15-16-17-18-26(25(27)33,38(34,35)36)19-22(28)37-20-21(23(29)30)24(31)32;;;;/h21H,2-20H2,1H3,(H2,27,33)(H,29,30)(H,31,32)(H,34,35,36);;;;. The van der Waals surface area contributed by atoms with Gasteiger partial charge < -0.3 is 20.7 Å². The zero-order valence-corrected chi connectivity index (χ0v) is 35.5. The topological polar surface area (TPSA) is 198 Å². The molecule has 0 bridgehead atoms. The van der Waals surface area contributed by atoms with E-state index in [1.807, 2.05) is 0 Å². The molecule has 0 fully saturated rings. The Morgan fingerprint density at radius 3 is 1.31 bits per heavy atom. The van der Waals surface area contributed by atoms with Crippen molar-refractivity contribution < 1.29 is 47.1 Å². The van der Waals surface area contributed by atoms with Crippen LogP contribution in [-0.2, 0) is 34.0 Å². The van der Waals surface area contributed by atoms with Gasteiger partial charge in [-0.25, -0.2) is 0 Å². The number of nitrogens with two attached hydrogens (primary N) is 1. The van der Waals surface area contributed by atoms with Crippen LogP contribution in [0.15, 0.2) is 0 Å². The fourth-order valence-corrected chi connectivity index (χ4v) is 5.27. The van der Waals surface area contributed by atoms with Crippen molar-refractivity contribution >= 4 is 152 Å². The maximum atomic E-state index is 12.1. The minimum absolute atomic E-state index is 0. The molecular weight excluding hydrogens is 610 g/mol. The Morgan fingerprint density at radius 1 is 0.690 bits per heavy atom. The van der Waals surface area contributed by atoms with Crippen molar-refractivity contribution in [2.75, 3.05) is 6.61 Å². The average Bonchev–Trinajstić information content (AvgIpc) is 2.81. The molecule has 11 nitrogen and oxygen atoms in total. The van der Waals surface area contributed by atoms with Gasteiger partial charge in [0.05, 0.1) is 6.42 Å². The number of esters is 1. The van der Waals surface area contributed by atoms with Crippen molar-refractivity contribution in [3.63, 3.8) is 0 Å². The Morgan fingerprint density at radius 2 is 1.02 bits per heavy atom. The molecule has 1 amide bonds. The average molecular weight is 658 g/mol. The van der Waals surface area contributed by atoms with E-state index in [1.54, 1.807) is 0 Å². The third-order valence-corrected chi connectivity index (χ3v) is 8.35. The first-order valence-corrected chi connectivity index (χ1v) is 15.2. The van der Waals surface area contributed by atoms with Gasteiger partial charge in [-0.2, -0.15) is 8.42 Å². The molecule has 4 radical (unpaired) electrons. The number of hydrogen-bond acceptors (Lipinski definition) is 7. The largest absolute Gasteiger partial charge is 0.481 e. The summed E-state index contributed by atoms with van der Waals surface area (Å²) in [6.07, 6.45) is 15.9. The molecule has 226 valence electrons. The minimum Gasteiger partial charge on any atom is -0.481 e. The predicted octanol–water partition coefficient (Wildman–Crippen LogP) is 2.95. The van der Waals surface area contributed by atoms with E-state index in [2.05, 4.69) is 11.7 Å². The van der Waals surface area contributed by atoms with Crippen LogP contribution in [0, 0.1) is 5.92 Å². The molecule has 0 aliphatic carbocycles. The first-order valence-electron chi connectivity index (χ1n) is 13.8. The maximum absolute atomic E-state index is 12.1. The van der Waals surface area contributed by atoms with Gasteiger partial charge in [-0.15, -0.1) is 0 Å². The second-order valence-electron chi connectivity index (χ2n) is 9.98. The van der Waals surface area contributed by atoms with Gasteiger partial charge in [0.2, 0.25) is 5.91 Å². The number of unbranched alkanes of at least 4 members (excludes halogenated alkanes) is 15. The SMILES string of the molecule is CCCCCCCCCCCCCCCCCCC(CC(=O)OCC(C(=O)O)C(=O)O)(C(N)=O)S(=O)(=O)O.[Na].[Na].[Na].[Na]. The van der Waals surface area contributed by atoms with Gasteiger partial charge >= 0.3 is 17.9 Å². The molecule has 0 saturated carbocycles. The summed E-state index contributed by atoms with van der Waals surface area (Å²) in [5.74, 6) is -8.37. The van der Waals surface area contributed by atoms with Crippen molar-refractivity contribution in [2.45, 2.75) is 127 Å². The molecule has 0 aromatic heterocycles. The molecule has 0 aliphatic rings. The summed E-state index contributed by atoms with van der Waals surface area (Å²) in [5, 5.41) is 17.7. The molecule has 1 atom stereocenters. The van der Waals surface area contributed by atoms with Gasteiger partial charge in [0.1, 0.15) is 6.61 Å². The second kappa shape index (κ2) is 31.4. The molecule has 0 aromatic rings. The zero-order valence-electron chi connectivity index (χ0n) is 26.7.